The summed E-state index contributed by atoms with van der Waals surface area (Å²) in [5.41, 5.74) is -5.07. The third kappa shape index (κ3) is 4.63. The van der Waals surface area contributed by atoms with Crippen molar-refractivity contribution in [3.8, 4) is 34.3 Å². The molecular formula is C26H28O16. The second kappa shape index (κ2) is 10.9. The van der Waals surface area contributed by atoms with E-state index >= 15 is 0 Å². The van der Waals surface area contributed by atoms with Gasteiger partial charge < -0.3 is 74.8 Å². The maximum atomic E-state index is 13.9. The summed E-state index contributed by atoms with van der Waals surface area (Å²) in [7, 11) is 0. The molecule has 1 aromatic heterocycles. The number of phenols is 3. The highest BCUT2D eigenvalue weighted by atomic mass is 16.7. The molecular weight excluding hydrogens is 568 g/mol. The molecule has 0 bridgehead atoms. The quantitative estimate of drug-likeness (QED) is 0.140. The van der Waals surface area contributed by atoms with Crippen LogP contribution in [0.5, 0.6) is 23.0 Å². The zero-order valence-corrected chi connectivity index (χ0v) is 21.4. The predicted molar refractivity (Wildman–Crippen MR) is 135 cm³/mol. The summed E-state index contributed by atoms with van der Waals surface area (Å²) in [4.78, 5) is 13.9. The van der Waals surface area contributed by atoms with Crippen LogP contribution >= 0.6 is 0 Å². The van der Waals surface area contributed by atoms with Gasteiger partial charge in [0, 0.05) is 11.6 Å². The van der Waals surface area contributed by atoms with Gasteiger partial charge in [-0.05, 0) is 24.3 Å². The summed E-state index contributed by atoms with van der Waals surface area (Å²) < 4.78 is 21.8. The number of rotatable bonds is 5. The first-order valence-corrected chi connectivity index (χ1v) is 12.5. The molecule has 11 N–H and O–H groups in total. The Hall–Kier alpha value is -3.55. The van der Waals surface area contributed by atoms with Crippen molar-refractivity contribution in [1.82, 2.24) is 0 Å². The smallest absolute Gasteiger partial charge is 0.239 e. The van der Waals surface area contributed by atoms with Gasteiger partial charge in [-0.25, -0.2) is 0 Å². The van der Waals surface area contributed by atoms with Crippen molar-refractivity contribution in [1.29, 1.82) is 0 Å². The number of ether oxygens (including phenoxy) is 3. The second-order valence-electron chi connectivity index (χ2n) is 9.98. The van der Waals surface area contributed by atoms with E-state index in [4.69, 9.17) is 18.6 Å². The lowest BCUT2D eigenvalue weighted by Crippen LogP contribution is -2.64. The Bertz CT molecular complexity index is 1520. The fraction of sp³-hybridized carbons (Fsp3) is 0.423. The number of aromatic hydroxyl groups is 3. The molecule has 5 rings (SSSR count). The fourth-order valence-corrected chi connectivity index (χ4v) is 5.03. The number of aliphatic hydroxyl groups is 8. The van der Waals surface area contributed by atoms with Crippen LogP contribution in [0.25, 0.3) is 22.3 Å². The van der Waals surface area contributed by atoms with Crippen molar-refractivity contribution in [2.75, 3.05) is 13.2 Å². The van der Waals surface area contributed by atoms with E-state index < -0.39 is 107 Å². The molecule has 228 valence electrons. The molecule has 3 heterocycles. The number of hydrogen-bond donors (Lipinski definition) is 11. The molecule has 2 aromatic carbocycles. The molecule has 2 aliphatic heterocycles. The molecule has 2 saturated heterocycles. The monoisotopic (exact) mass is 596 g/mol. The molecule has 9 atom stereocenters. The highest BCUT2D eigenvalue weighted by molar-refractivity contribution is 5.90. The number of phenolic OH excluding ortho intramolecular Hbond substituents is 3. The van der Waals surface area contributed by atoms with Crippen molar-refractivity contribution in [2.45, 2.75) is 54.8 Å². The number of aliphatic hydroxyl groups excluding tert-OH is 8. The lowest BCUT2D eigenvalue weighted by Gasteiger charge is -2.46. The molecule has 0 amide bonds. The molecule has 0 spiro atoms. The molecule has 42 heavy (non-hydrogen) atoms. The SMILES string of the molecule is O=c1c(O[C@H]2OC[C@@H](O)[C@H](O)[C@H]2O)c(-c2ccc(O)cc2)oc2cc(O)c([C@]3(CO)OC(O)[C@H](O)[C@@H](O)[C@@H]3O)c(O)c12. The zero-order valence-electron chi connectivity index (χ0n) is 21.4. The number of fused-ring (bicyclic) bond motifs is 1. The second-order valence-corrected chi connectivity index (χ2v) is 9.98. The van der Waals surface area contributed by atoms with E-state index in [1.54, 1.807) is 0 Å². The molecule has 16 nitrogen and oxygen atoms in total. The molecule has 2 fully saturated rings. The maximum absolute atomic E-state index is 13.9. The molecule has 2 aliphatic rings. The van der Waals surface area contributed by atoms with Gasteiger partial charge in [0.1, 0.15) is 64.8 Å². The van der Waals surface area contributed by atoms with Gasteiger partial charge in [0.15, 0.2) is 17.7 Å². The lowest BCUT2D eigenvalue weighted by molar-refractivity contribution is -0.332. The standard InChI is InChI=1S/C26H28O16/c27-7-26(23(37)18(34)19(35)24(38)42-26)14-10(29)5-12-13(16(14)32)17(33)22(21(40-12)8-1-3-9(28)4-2-8)41-25-20(36)15(31)11(30)6-39-25/h1-5,11,15,18-20,23-25,27-32,34-38H,6-7H2/t11-,15+,18-,19-,20-,23+,24?,25-,26+/m1/s1. The van der Waals surface area contributed by atoms with E-state index in [0.717, 1.165) is 6.07 Å². The Morgan fingerprint density at radius 3 is 2.21 bits per heavy atom. The highest BCUT2D eigenvalue weighted by Crippen LogP contribution is 2.49. The summed E-state index contributed by atoms with van der Waals surface area (Å²) in [5, 5.41) is 113. The Morgan fingerprint density at radius 1 is 0.905 bits per heavy atom. The Labute approximate surface area is 234 Å². The first-order chi connectivity index (χ1) is 19.8. The van der Waals surface area contributed by atoms with Crippen LogP contribution < -0.4 is 10.2 Å². The first-order valence-electron chi connectivity index (χ1n) is 12.5. The largest absolute Gasteiger partial charge is 0.508 e. The summed E-state index contributed by atoms with van der Waals surface area (Å²) in [6.07, 6.45) is -15.5. The van der Waals surface area contributed by atoms with Crippen molar-refractivity contribution >= 4 is 11.0 Å². The minimum atomic E-state index is -2.67. The minimum Gasteiger partial charge on any atom is -0.508 e. The summed E-state index contributed by atoms with van der Waals surface area (Å²) in [6, 6.07) is 5.93. The van der Waals surface area contributed by atoms with Crippen molar-refractivity contribution in [3.05, 3.63) is 46.1 Å². The number of hydrogen-bond acceptors (Lipinski definition) is 16. The summed E-state index contributed by atoms with van der Waals surface area (Å²) in [5.74, 6) is -3.30. The van der Waals surface area contributed by atoms with Gasteiger partial charge in [0.25, 0.3) is 0 Å². The Morgan fingerprint density at radius 2 is 1.57 bits per heavy atom. The summed E-state index contributed by atoms with van der Waals surface area (Å²) >= 11 is 0. The van der Waals surface area contributed by atoms with Crippen LogP contribution in [0, 0.1) is 0 Å². The van der Waals surface area contributed by atoms with E-state index in [1.165, 1.54) is 24.3 Å². The molecule has 0 saturated carbocycles. The molecule has 0 aliphatic carbocycles. The average molecular weight is 596 g/mol. The first kappa shape index (κ1) is 29.9. The maximum Gasteiger partial charge on any atom is 0.239 e. The summed E-state index contributed by atoms with van der Waals surface area (Å²) in [6.45, 7) is -1.78. The minimum absolute atomic E-state index is 0.119. The molecule has 3 aromatic rings. The van der Waals surface area contributed by atoms with Crippen LogP contribution in [0.4, 0.5) is 0 Å². The number of benzene rings is 2. The molecule has 1 unspecified atom stereocenters. The van der Waals surface area contributed by atoms with Gasteiger partial charge in [-0.15, -0.1) is 0 Å². The van der Waals surface area contributed by atoms with E-state index in [2.05, 4.69) is 0 Å². The Balaban J connectivity index is 1.75. The van der Waals surface area contributed by atoms with Crippen LogP contribution in [0.3, 0.4) is 0 Å². The third-order valence-electron chi connectivity index (χ3n) is 7.35. The normalized spacial score (nSPS) is 33.5. The van der Waals surface area contributed by atoms with Crippen molar-refractivity contribution in [3.63, 3.8) is 0 Å². The van der Waals surface area contributed by atoms with Crippen molar-refractivity contribution < 1.29 is 74.8 Å². The van der Waals surface area contributed by atoms with Crippen LogP contribution in [-0.2, 0) is 15.1 Å². The fourth-order valence-electron chi connectivity index (χ4n) is 5.03. The predicted octanol–water partition coefficient (Wildman–Crippen LogP) is -2.99. The van der Waals surface area contributed by atoms with Gasteiger partial charge in [-0.1, -0.05) is 0 Å². The van der Waals surface area contributed by atoms with Gasteiger partial charge in [0.2, 0.25) is 17.5 Å². The van der Waals surface area contributed by atoms with Gasteiger partial charge in [-0.3, -0.25) is 4.79 Å². The Kier molecular flexibility index (Phi) is 7.79. The zero-order chi connectivity index (χ0) is 30.7. The van der Waals surface area contributed by atoms with Crippen LogP contribution in [0.1, 0.15) is 5.56 Å². The average Bonchev–Trinajstić information content (AvgIpc) is 2.96. The van der Waals surface area contributed by atoms with E-state index in [0.29, 0.717) is 0 Å². The topological polar surface area (TPSA) is 280 Å². The molecule has 16 heteroatoms. The van der Waals surface area contributed by atoms with Crippen LogP contribution in [0.15, 0.2) is 39.5 Å². The van der Waals surface area contributed by atoms with Crippen LogP contribution in [0.2, 0.25) is 0 Å². The van der Waals surface area contributed by atoms with Gasteiger partial charge >= 0.3 is 0 Å². The van der Waals surface area contributed by atoms with Gasteiger partial charge in [0.05, 0.1) is 18.8 Å². The van der Waals surface area contributed by atoms with E-state index in [-0.39, 0.29) is 17.1 Å². The van der Waals surface area contributed by atoms with Gasteiger partial charge in [-0.2, -0.15) is 0 Å². The third-order valence-corrected chi connectivity index (χ3v) is 7.35. The highest BCUT2D eigenvalue weighted by Gasteiger charge is 2.56. The van der Waals surface area contributed by atoms with Crippen LogP contribution in [-0.4, -0.2) is 119 Å². The van der Waals surface area contributed by atoms with Crippen molar-refractivity contribution in [2.24, 2.45) is 0 Å². The van der Waals surface area contributed by atoms with E-state index in [9.17, 15) is 61.0 Å². The lowest BCUT2D eigenvalue weighted by atomic mass is 9.80. The molecule has 0 radical (unpaired) electrons. The van der Waals surface area contributed by atoms with E-state index in [1.807, 2.05) is 0 Å².